The number of nitrogens with zero attached hydrogens (tertiary/aromatic N) is 6. The fourth-order valence-corrected chi connectivity index (χ4v) is 4.74. The zero-order valence-electron chi connectivity index (χ0n) is 20.5. The van der Waals surface area contributed by atoms with Gasteiger partial charge in [0, 0.05) is 69.8 Å². The molecule has 2 aliphatic rings. The quantitative estimate of drug-likeness (QED) is 0.384. The van der Waals surface area contributed by atoms with Gasteiger partial charge in [-0.3, -0.25) is 24.6 Å². The monoisotopic (exact) mass is 520 g/mol. The maximum Gasteiger partial charge on any atom is 0.269 e. The smallest absolute Gasteiger partial charge is 0.269 e. The summed E-state index contributed by atoms with van der Waals surface area (Å²) in [5.74, 6) is 1.02. The van der Waals surface area contributed by atoms with Crippen LogP contribution < -0.4 is 0 Å². The molecule has 2 heterocycles. The minimum Gasteiger partial charge on any atom is -0.343 e. The Morgan fingerprint density at radius 3 is 2.42 bits per heavy atom. The standard InChI is InChI=1S/C24H32N6O5.ClH/c1-27(19-5-3-2-4-6-19)23(31)12-11-22-25-21(26-35-22)17-28-13-15-29(16-14-28)24(32)18-7-9-20(10-8-18)30(33)34;/h7-10,19H,2-6,11-17H2,1H3;1H. The minimum atomic E-state index is -0.482. The molecule has 1 aromatic carbocycles. The van der Waals surface area contributed by atoms with Gasteiger partial charge in [0.1, 0.15) is 0 Å². The lowest BCUT2D eigenvalue weighted by Crippen LogP contribution is -2.48. The summed E-state index contributed by atoms with van der Waals surface area (Å²) in [6, 6.07) is 6.02. The Hall–Kier alpha value is -3.05. The molecule has 1 aliphatic carbocycles. The van der Waals surface area contributed by atoms with Gasteiger partial charge in [-0.2, -0.15) is 4.98 Å². The van der Waals surface area contributed by atoms with Gasteiger partial charge in [0.2, 0.25) is 11.8 Å². The van der Waals surface area contributed by atoms with Crippen LogP contribution >= 0.6 is 12.4 Å². The van der Waals surface area contributed by atoms with Gasteiger partial charge in [0.05, 0.1) is 11.5 Å². The van der Waals surface area contributed by atoms with Crippen LogP contribution in [0.5, 0.6) is 0 Å². The maximum atomic E-state index is 12.7. The number of non-ortho nitro benzene ring substituents is 1. The van der Waals surface area contributed by atoms with Gasteiger partial charge in [0.15, 0.2) is 5.82 Å². The number of aromatic nitrogens is 2. The highest BCUT2D eigenvalue weighted by molar-refractivity contribution is 5.94. The van der Waals surface area contributed by atoms with E-state index in [0.717, 1.165) is 12.8 Å². The molecule has 36 heavy (non-hydrogen) atoms. The number of amides is 2. The summed E-state index contributed by atoms with van der Waals surface area (Å²) in [5, 5.41) is 14.9. The Morgan fingerprint density at radius 2 is 1.78 bits per heavy atom. The van der Waals surface area contributed by atoms with Crippen molar-refractivity contribution in [2.24, 2.45) is 0 Å². The number of nitro groups is 1. The number of carbonyl (C=O) groups is 2. The number of rotatable bonds is 8. The predicted octanol–water partition coefficient (Wildman–Crippen LogP) is 3.08. The maximum absolute atomic E-state index is 12.7. The molecule has 0 atom stereocenters. The van der Waals surface area contributed by atoms with E-state index in [0.29, 0.717) is 68.9 Å². The van der Waals surface area contributed by atoms with Crippen LogP contribution in [0.15, 0.2) is 28.8 Å². The van der Waals surface area contributed by atoms with Crippen LogP contribution in [0.3, 0.4) is 0 Å². The molecule has 0 radical (unpaired) electrons. The Labute approximate surface area is 216 Å². The number of carbonyl (C=O) groups excluding carboxylic acids is 2. The van der Waals surface area contributed by atoms with E-state index in [1.165, 1.54) is 43.5 Å². The SMILES string of the molecule is CN(C(=O)CCc1nc(CN2CCN(C(=O)c3ccc([N+](=O)[O-])cc3)CC2)no1)C1CCCCC1.Cl. The Balaban J connectivity index is 0.00000361. The van der Waals surface area contributed by atoms with Gasteiger partial charge in [-0.05, 0) is 25.0 Å². The van der Waals surface area contributed by atoms with E-state index < -0.39 is 4.92 Å². The molecule has 1 saturated carbocycles. The molecule has 2 fully saturated rings. The van der Waals surface area contributed by atoms with Crippen molar-refractivity contribution in [3.8, 4) is 0 Å². The van der Waals surface area contributed by atoms with Crippen molar-refractivity contribution in [1.29, 1.82) is 0 Å². The van der Waals surface area contributed by atoms with Crippen molar-refractivity contribution in [2.75, 3.05) is 33.2 Å². The minimum absolute atomic E-state index is 0. The number of hydrogen-bond acceptors (Lipinski definition) is 8. The summed E-state index contributed by atoms with van der Waals surface area (Å²) >= 11 is 0. The Bertz CT molecular complexity index is 1030. The van der Waals surface area contributed by atoms with Gasteiger partial charge >= 0.3 is 0 Å². The van der Waals surface area contributed by atoms with Gasteiger partial charge in [-0.25, -0.2) is 0 Å². The first-order valence-electron chi connectivity index (χ1n) is 12.2. The van der Waals surface area contributed by atoms with E-state index in [4.69, 9.17) is 4.52 Å². The van der Waals surface area contributed by atoms with Gasteiger partial charge in [-0.1, -0.05) is 24.4 Å². The fourth-order valence-electron chi connectivity index (χ4n) is 4.74. The molecule has 1 aliphatic heterocycles. The molecule has 2 aromatic rings. The van der Waals surface area contributed by atoms with E-state index in [1.54, 1.807) is 4.90 Å². The third-order valence-corrected chi connectivity index (χ3v) is 6.93. The first-order valence-corrected chi connectivity index (χ1v) is 12.2. The first-order chi connectivity index (χ1) is 16.9. The zero-order valence-corrected chi connectivity index (χ0v) is 21.3. The number of aryl methyl sites for hydroxylation is 1. The van der Waals surface area contributed by atoms with E-state index >= 15 is 0 Å². The average Bonchev–Trinajstić information content (AvgIpc) is 3.34. The van der Waals surface area contributed by atoms with Crippen molar-refractivity contribution in [3.63, 3.8) is 0 Å². The van der Waals surface area contributed by atoms with Crippen LogP contribution in [0.2, 0.25) is 0 Å². The average molecular weight is 521 g/mol. The lowest BCUT2D eigenvalue weighted by atomic mass is 9.94. The zero-order chi connectivity index (χ0) is 24.8. The topological polar surface area (TPSA) is 126 Å². The summed E-state index contributed by atoms with van der Waals surface area (Å²) in [7, 11) is 1.89. The second-order valence-electron chi connectivity index (χ2n) is 9.27. The molecule has 11 nitrogen and oxygen atoms in total. The largest absolute Gasteiger partial charge is 0.343 e. The molecule has 0 spiro atoms. The highest BCUT2D eigenvalue weighted by Crippen LogP contribution is 2.22. The van der Waals surface area contributed by atoms with E-state index in [-0.39, 0.29) is 29.9 Å². The number of benzene rings is 1. The van der Waals surface area contributed by atoms with Gasteiger partial charge < -0.3 is 14.3 Å². The summed E-state index contributed by atoms with van der Waals surface area (Å²) in [5.41, 5.74) is 0.405. The first kappa shape index (κ1) is 27.5. The van der Waals surface area contributed by atoms with E-state index in [9.17, 15) is 19.7 Å². The number of piperazine rings is 1. The number of nitro benzene ring substituents is 1. The Morgan fingerprint density at radius 1 is 1.11 bits per heavy atom. The summed E-state index contributed by atoms with van der Waals surface area (Å²) in [4.78, 5) is 45.8. The second-order valence-corrected chi connectivity index (χ2v) is 9.27. The van der Waals surface area contributed by atoms with Crippen molar-refractivity contribution < 1.29 is 19.0 Å². The molecule has 1 aromatic heterocycles. The van der Waals surface area contributed by atoms with Crippen molar-refractivity contribution in [1.82, 2.24) is 24.8 Å². The Kier molecular flexibility index (Phi) is 9.77. The molecular formula is C24H33ClN6O5. The molecule has 1 saturated heterocycles. The van der Waals surface area contributed by atoms with Crippen molar-refractivity contribution >= 4 is 29.9 Å². The third-order valence-electron chi connectivity index (χ3n) is 6.93. The highest BCUT2D eigenvalue weighted by Gasteiger charge is 2.25. The normalized spacial score (nSPS) is 16.9. The number of hydrogen-bond donors (Lipinski definition) is 0. The molecular weight excluding hydrogens is 488 g/mol. The van der Waals surface area contributed by atoms with Crippen molar-refractivity contribution in [2.45, 2.75) is 57.5 Å². The molecule has 0 unspecified atom stereocenters. The predicted molar refractivity (Wildman–Crippen MR) is 134 cm³/mol. The molecule has 2 amide bonds. The van der Waals surface area contributed by atoms with E-state index in [2.05, 4.69) is 15.0 Å². The van der Waals surface area contributed by atoms with Gasteiger partial charge in [-0.15, -0.1) is 12.4 Å². The van der Waals surface area contributed by atoms with Crippen LogP contribution in [0.4, 0.5) is 5.69 Å². The van der Waals surface area contributed by atoms with Crippen LogP contribution in [0, 0.1) is 10.1 Å². The summed E-state index contributed by atoms with van der Waals surface area (Å²) < 4.78 is 5.35. The number of halogens is 1. The molecule has 0 N–H and O–H groups in total. The van der Waals surface area contributed by atoms with E-state index in [1.807, 2.05) is 11.9 Å². The molecule has 4 rings (SSSR count). The summed E-state index contributed by atoms with van der Waals surface area (Å²) in [6.45, 7) is 2.92. The van der Waals surface area contributed by atoms with Gasteiger partial charge in [0.25, 0.3) is 11.6 Å². The molecule has 0 bridgehead atoms. The molecule has 196 valence electrons. The van der Waals surface area contributed by atoms with Crippen LogP contribution in [-0.4, -0.2) is 80.8 Å². The third kappa shape index (κ3) is 7.01. The fraction of sp³-hybridized carbons (Fsp3) is 0.583. The lowest BCUT2D eigenvalue weighted by Gasteiger charge is -2.34. The van der Waals surface area contributed by atoms with Crippen LogP contribution in [0.1, 0.15) is 60.6 Å². The lowest BCUT2D eigenvalue weighted by molar-refractivity contribution is -0.384. The second kappa shape index (κ2) is 12.8. The van der Waals surface area contributed by atoms with Crippen LogP contribution in [-0.2, 0) is 17.8 Å². The highest BCUT2D eigenvalue weighted by atomic mass is 35.5. The summed E-state index contributed by atoms with van der Waals surface area (Å²) in [6.07, 6.45) is 6.59. The molecule has 12 heteroatoms. The van der Waals surface area contributed by atoms with Crippen molar-refractivity contribution in [3.05, 3.63) is 51.7 Å². The van der Waals surface area contributed by atoms with Crippen LogP contribution in [0.25, 0.3) is 0 Å².